The summed E-state index contributed by atoms with van der Waals surface area (Å²) in [6.07, 6.45) is 1.78. The Labute approximate surface area is 125 Å². The molecule has 6 nitrogen and oxygen atoms in total. The number of amides is 2. The third-order valence-corrected chi connectivity index (χ3v) is 3.86. The van der Waals surface area contributed by atoms with Gasteiger partial charge in [0, 0.05) is 16.6 Å². The Hall–Kier alpha value is -2.41. The molecular formula is C14H13N3O3S. The van der Waals surface area contributed by atoms with Gasteiger partial charge in [-0.2, -0.15) is 0 Å². The van der Waals surface area contributed by atoms with E-state index in [0.29, 0.717) is 23.5 Å². The topological polar surface area (TPSA) is 80.3 Å². The van der Waals surface area contributed by atoms with Crippen molar-refractivity contribution in [3.05, 3.63) is 39.8 Å². The van der Waals surface area contributed by atoms with Crippen LogP contribution in [0.4, 0.5) is 5.69 Å². The number of benzene rings is 1. The van der Waals surface area contributed by atoms with Crippen molar-refractivity contribution in [3.63, 3.8) is 0 Å². The first-order chi connectivity index (χ1) is 10.1. The first kappa shape index (κ1) is 13.6. The van der Waals surface area contributed by atoms with E-state index in [1.165, 1.54) is 0 Å². The van der Waals surface area contributed by atoms with Crippen LogP contribution in [-0.4, -0.2) is 23.4 Å². The summed E-state index contributed by atoms with van der Waals surface area (Å²) >= 11 is 1.55. The minimum atomic E-state index is -0.224. The summed E-state index contributed by atoms with van der Waals surface area (Å²) in [4.78, 5) is 28.7. The number of thiazole rings is 1. The van der Waals surface area contributed by atoms with Crippen molar-refractivity contribution in [1.29, 1.82) is 0 Å². The van der Waals surface area contributed by atoms with Crippen molar-refractivity contribution < 1.29 is 14.3 Å². The molecule has 7 heteroatoms. The molecule has 2 amide bonds. The van der Waals surface area contributed by atoms with Gasteiger partial charge in [0.2, 0.25) is 0 Å². The lowest BCUT2D eigenvalue weighted by Gasteiger charge is -2.18. The molecule has 0 fully saturated rings. The zero-order valence-electron chi connectivity index (χ0n) is 11.3. The van der Waals surface area contributed by atoms with Gasteiger partial charge in [0.15, 0.2) is 6.61 Å². The molecule has 1 aliphatic rings. The van der Waals surface area contributed by atoms with E-state index in [1.54, 1.807) is 35.7 Å². The van der Waals surface area contributed by atoms with E-state index in [2.05, 4.69) is 15.6 Å². The highest BCUT2D eigenvalue weighted by Crippen LogP contribution is 2.28. The maximum absolute atomic E-state index is 12.1. The Morgan fingerprint density at radius 3 is 3.14 bits per heavy atom. The fourth-order valence-corrected chi connectivity index (χ4v) is 2.69. The number of carbonyl (C=O) groups excluding carboxylic acids is 2. The first-order valence-corrected chi connectivity index (χ1v) is 7.19. The maximum Gasteiger partial charge on any atom is 0.262 e. The molecule has 1 aromatic heterocycles. The highest BCUT2D eigenvalue weighted by atomic mass is 32.1. The quantitative estimate of drug-likeness (QED) is 0.904. The number of hydrogen-bond donors (Lipinski definition) is 2. The maximum atomic E-state index is 12.1. The van der Waals surface area contributed by atoms with Gasteiger partial charge in [-0.3, -0.25) is 9.59 Å². The van der Waals surface area contributed by atoms with E-state index in [0.717, 1.165) is 9.88 Å². The third kappa shape index (κ3) is 3.03. The highest BCUT2D eigenvalue weighted by Gasteiger charge is 2.17. The molecule has 0 saturated carbocycles. The Morgan fingerprint density at radius 2 is 2.38 bits per heavy atom. The molecule has 1 aliphatic heterocycles. The molecule has 2 aromatic rings. The van der Waals surface area contributed by atoms with Crippen LogP contribution in [0.1, 0.15) is 20.2 Å². The van der Waals surface area contributed by atoms with E-state index < -0.39 is 0 Å². The molecule has 2 N–H and O–H groups in total. The molecule has 0 radical (unpaired) electrons. The summed E-state index contributed by atoms with van der Waals surface area (Å²) in [7, 11) is 0. The number of anilines is 1. The highest BCUT2D eigenvalue weighted by molar-refractivity contribution is 7.11. The van der Waals surface area contributed by atoms with Crippen LogP contribution in [0, 0.1) is 6.92 Å². The van der Waals surface area contributed by atoms with Gasteiger partial charge in [-0.05, 0) is 25.1 Å². The Bertz CT molecular complexity index is 711. The van der Waals surface area contributed by atoms with Crippen molar-refractivity contribution in [2.45, 2.75) is 13.5 Å². The van der Waals surface area contributed by atoms with Crippen molar-refractivity contribution in [2.75, 3.05) is 11.9 Å². The summed E-state index contributed by atoms with van der Waals surface area (Å²) in [5.41, 5.74) is 0.983. The summed E-state index contributed by atoms with van der Waals surface area (Å²) < 4.78 is 5.25. The fraction of sp³-hybridized carbons (Fsp3) is 0.214. The minimum Gasteiger partial charge on any atom is -0.482 e. The predicted molar refractivity (Wildman–Crippen MR) is 78.6 cm³/mol. The molecule has 3 rings (SSSR count). The number of nitrogens with one attached hydrogen (secondary N) is 2. The number of aromatic nitrogens is 1. The molecule has 0 aliphatic carbocycles. The summed E-state index contributed by atoms with van der Waals surface area (Å²) in [6, 6.07) is 4.95. The number of hydrogen-bond acceptors (Lipinski definition) is 5. The second kappa shape index (κ2) is 5.53. The third-order valence-electron chi connectivity index (χ3n) is 2.94. The lowest BCUT2D eigenvalue weighted by Crippen LogP contribution is -2.27. The average molecular weight is 303 g/mol. The van der Waals surface area contributed by atoms with Crippen LogP contribution in [0.2, 0.25) is 0 Å². The molecule has 0 spiro atoms. The Kier molecular flexibility index (Phi) is 3.57. The van der Waals surface area contributed by atoms with Crippen LogP contribution in [0.5, 0.6) is 5.75 Å². The molecule has 0 unspecified atom stereocenters. The number of fused-ring (bicyclic) bond motifs is 1. The van der Waals surface area contributed by atoms with E-state index in [4.69, 9.17) is 4.74 Å². The van der Waals surface area contributed by atoms with Crippen LogP contribution in [0.15, 0.2) is 24.4 Å². The second-order valence-electron chi connectivity index (χ2n) is 4.60. The van der Waals surface area contributed by atoms with Crippen LogP contribution in [-0.2, 0) is 11.3 Å². The number of carbonyl (C=O) groups is 2. The number of rotatable bonds is 3. The number of aryl methyl sites for hydroxylation is 1. The molecule has 0 atom stereocenters. The molecule has 1 aromatic carbocycles. The zero-order valence-corrected chi connectivity index (χ0v) is 12.1. The molecular weight excluding hydrogens is 290 g/mol. The largest absolute Gasteiger partial charge is 0.482 e. The predicted octanol–water partition coefficient (Wildman–Crippen LogP) is 1.71. The van der Waals surface area contributed by atoms with Gasteiger partial charge in [0.1, 0.15) is 10.8 Å². The SMILES string of the molecule is Cc1cnc(CNC(=O)c2ccc3c(c2)NC(=O)CO3)s1. The molecule has 2 heterocycles. The Morgan fingerprint density at radius 1 is 1.52 bits per heavy atom. The van der Waals surface area contributed by atoms with Crippen molar-refractivity contribution in [2.24, 2.45) is 0 Å². The number of nitrogens with zero attached hydrogens (tertiary/aromatic N) is 1. The molecule has 0 bridgehead atoms. The molecule has 21 heavy (non-hydrogen) atoms. The van der Waals surface area contributed by atoms with Crippen LogP contribution < -0.4 is 15.4 Å². The van der Waals surface area contributed by atoms with Gasteiger partial charge >= 0.3 is 0 Å². The summed E-state index contributed by atoms with van der Waals surface area (Å²) in [6.45, 7) is 2.36. The van der Waals surface area contributed by atoms with Gasteiger partial charge in [-0.1, -0.05) is 0 Å². The normalized spacial score (nSPS) is 13.1. The average Bonchev–Trinajstić information content (AvgIpc) is 2.89. The summed E-state index contributed by atoms with van der Waals surface area (Å²) in [5, 5.41) is 6.34. The second-order valence-corrected chi connectivity index (χ2v) is 5.91. The van der Waals surface area contributed by atoms with Crippen LogP contribution in [0.3, 0.4) is 0 Å². The lowest BCUT2D eigenvalue weighted by atomic mass is 10.1. The molecule has 108 valence electrons. The summed E-state index contributed by atoms with van der Waals surface area (Å²) in [5.74, 6) is 0.130. The van der Waals surface area contributed by atoms with Crippen molar-refractivity contribution in [1.82, 2.24) is 10.3 Å². The van der Waals surface area contributed by atoms with Crippen LogP contribution in [0.25, 0.3) is 0 Å². The molecule has 0 saturated heterocycles. The number of ether oxygens (including phenoxy) is 1. The smallest absolute Gasteiger partial charge is 0.262 e. The van der Waals surface area contributed by atoms with Crippen molar-refractivity contribution in [3.8, 4) is 5.75 Å². The minimum absolute atomic E-state index is 0.00193. The monoisotopic (exact) mass is 303 g/mol. The van der Waals surface area contributed by atoms with Gasteiger partial charge in [-0.15, -0.1) is 11.3 Å². The standard InChI is InChI=1S/C14H13N3O3S/c1-8-5-15-13(21-8)6-16-14(19)9-2-3-11-10(4-9)17-12(18)7-20-11/h2-5H,6-7H2,1H3,(H,16,19)(H,17,18). The first-order valence-electron chi connectivity index (χ1n) is 6.38. The van der Waals surface area contributed by atoms with E-state index in [9.17, 15) is 9.59 Å². The van der Waals surface area contributed by atoms with Crippen molar-refractivity contribution >= 4 is 28.8 Å². The van der Waals surface area contributed by atoms with E-state index in [-0.39, 0.29) is 18.4 Å². The van der Waals surface area contributed by atoms with Gasteiger partial charge in [-0.25, -0.2) is 4.98 Å². The van der Waals surface area contributed by atoms with E-state index in [1.807, 2.05) is 6.92 Å². The Balaban J connectivity index is 1.70. The fourth-order valence-electron chi connectivity index (χ4n) is 1.97. The van der Waals surface area contributed by atoms with Crippen LogP contribution >= 0.6 is 11.3 Å². The zero-order chi connectivity index (χ0) is 14.8. The van der Waals surface area contributed by atoms with Gasteiger partial charge in [0.25, 0.3) is 11.8 Å². The van der Waals surface area contributed by atoms with Gasteiger partial charge < -0.3 is 15.4 Å². The van der Waals surface area contributed by atoms with E-state index >= 15 is 0 Å². The van der Waals surface area contributed by atoms with Gasteiger partial charge in [0.05, 0.1) is 12.2 Å². The lowest BCUT2D eigenvalue weighted by molar-refractivity contribution is -0.118.